The van der Waals surface area contributed by atoms with E-state index in [-0.39, 0.29) is 11.6 Å². The Morgan fingerprint density at radius 2 is 1.68 bits per heavy atom. The summed E-state index contributed by atoms with van der Waals surface area (Å²) in [6, 6.07) is 18.5. The lowest BCUT2D eigenvalue weighted by Gasteiger charge is -2.51. The van der Waals surface area contributed by atoms with E-state index in [1.165, 1.54) is 5.56 Å². The number of fused-ring (bicyclic) bond motifs is 1. The van der Waals surface area contributed by atoms with E-state index in [0.717, 1.165) is 50.1 Å². The van der Waals surface area contributed by atoms with Gasteiger partial charge in [0, 0.05) is 39.5 Å². The fraction of sp³-hybridized carbons (Fsp3) is 0.381. The number of likely N-dealkylation sites (tertiary alicyclic amines) is 1. The van der Waals surface area contributed by atoms with Gasteiger partial charge in [0.1, 0.15) is 5.66 Å². The Morgan fingerprint density at radius 1 is 1.00 bits per heavy atom. The van der Waals surface area contributed by atoms with Gasteiger partial charge in [0.2, 0.25) is 0 Å². The molecule has 0 aliphatic carbocycles. The molecule has 0 atom stereocenters. The molecule has 0 aromatic heterocycles. The van der Waals surface area contributed by atoms with Crippen LogP contribution in [0.5, 0.6) is 0 Å². The highest BCUT2D eigenvalue weighted by atomic mass is 16.2. The Hall–Kier alpha value is -2.33. The van der Waals surface area contributed by atoms with E-state index in [0.29, 0.717) is 0 Å². The van der Waals surface area contributed by atoms with Crippen LogP contribution in [0.4, 0.5) is 5.69 Å². The summed E-state index contributed by atoms with van der Waals surface area (Å²) in [4.78, 5) is 17.3. The van der Waals surface area contributed by atoms with Crippen molar-refractivity contribution in [1.82, 2.24) is 10.2 Å². The summed E-state index contributed by atoms with van der Waals surface area (Å²) in [6.45, 7) is 3.10. The van der Waals surface area contributed by atoms with Gasteiger partial charge in [-0.3, -0.25) is 4.79 Å². The maximum absolute atomic E-state index is 12.5. The number of carbonyl (C=O) groups excluding carboxylic acids is 1. The molecule has 2 aliphatic heterocycles. The minimum Gasteiger partial charge on any atom is -0.351 e. The smallest absolute Gasteiger partial charge is 0.255 e. The maximum Gasteiger partial charge on any atom is 0.255 e. The fourth-order valence-electron chi connectivity index (χ4n) is 4.09. The topological polar surface area (TPSA) is 35.6 Å². The molecule has 2 aliphatic rings. The van der Waals surface area contributed by atoms with E-state index < -0.39 is 0 Å². The molecular weight excluding hydrogens is 310 g/mol. The van der Waals surface area contributed by atoms with E-state index in [1.54, 1.807) is 0 Å². The van der Waals surface area contributed by atoms with Crippen molar-refractivity contribution in [2.75, 3.05) is 31.6 Å². The Morgan fingerprint density at radius 3 is 2.44 bits per heavy atom. The number of nitrogens with zero attached hydrogens (tertiary/aromatic N) is 2. The highest BCUT2D eigenvalue weighted by Gasteiger charge is 2.43. The average Bonchev–Trinajstić information content (AvgIpc) is 2.67. The zero-order chi connectivity index (χ0) is 17.3. The molecule has 4 nitrogen and oxygen atoms in total. The lowest BCUT2D eigenvalue weighted by Crippen LogP contribution is -2.66. The Labute approximate surface area is 149 Å². The van der Waals surface area contributed by atoms with Crippen LogP contribution in [-0.4, -0.2) is 43.2 Å². The molecule has 0 bridgehead atoms. The normalized spacial score (nSPS) is 19.6. The SMILES string of the molecule is CN1c2ccccc2C(=O)NC12CCN(CCc1ccccc1)CC2. The predicted molar refractivity (Wildman–Crippen MR) is 101 cm³/mol. The third-order valence-electron chi connectivity index (χ3n) is 5.74. The number of hydrogen-bond acceptors (Lipinski definition) is 3. The first-order valence-corrected chi connectivity index (χ1v) is 9.10. The molecule has 0 radical (unpaired) electrons. The van der Waals surface area contributed by atoms with E-state index in [1.807, 2.05) is 18.2 Å². The van der Waals surface area contributed by atoms with Crippen molar-refractivity contribution in [3.8, 4) is 0 Å². The quantitative estimate of drug-likeness (QED) is 0.937. The highest BCUT2D eigenvalue weighted by Crippen LogP contribution is 2.35. The van der Waals surface area contributed by atoms with Crippen LogP contribution in [0.2, 0.25) is 0 Å². The van der Waals surface area contributed by atoms with Crippen molar-refractivity contribution in [1.29, 1.82) is 0 Å². The number of carbonyl (C=O) groups is 1. The third-order valence-corrected chi connectivity index (χ3v) is 5.74. The molecule has 1 N–H and O–H groups in total. The molecule has 4 rings (SSSR count). The van der Waals surface area contributed by atoms with Crippen LogP contribution in [0.3, 0.4) is 0 Å². The Bertz CT molecular complexity index is 751. The molecule has 2 aromatic carbocycles. The van der Waals surface area contributed by atoms with Gasteiger partial charge in [-0.05, 0) is 24.1 Å². The van der Waals surface area contributed by atoms with Crippen LogP contribution in [0.15, 0.2) is 54.6 Å². The molecule has 2 aromatic rings. The van der Waals surface area contributed by atoms with Crippen LogP contribution in [0, 0.1) is 0 Å². The fourth-order valence-corrected chi connectivity index (χ4v) is 4.09. The van der Waals surface area contributed by atoms with Gasteiger partial charge in [-0.15, -0.1) is 0 Å². The third kappa shape index (κ3) is 3.02. The van der Waals surface area contributed by atoms with Crippen molar-refractivity contribution < 1.29 is 4.79 Å². The Balaban J connectivity index is 1.42. The summed E-state index contributed by atoms with van der Waals surface area (Å²) in [5.41, 5.74) is 2.97. The second-order valence-corrected chi connectivity index (χ2v) is 7.14. The molecule has 0 unspecified atom stereocenters. The van der Waals surface area contributed by atoms with Gasteiger partial charge < -0.3 is 15.1 Å². The standard InChI is InChI=1S/C21H25N3O/c1-23-19-10-6-5-9-18(19)20(25)22-21(23)12-15-24(16-13-21)14-11-17-7-3-2-4-8-17/h2-10H,11-16H2,1H3,(H,22,25). The highest BCUT2D eigenvalue weighted by molar-refractivity contribution is 6.02. The number of rotatable bonds is 3. The number of para-hydroxylation sites is 1. The average molecular weight is 335 g/mol. The molecule has 1 fully saturated rings. The first-order valence-electron chi connectivity index (χ1n) is 9.10. The minimum atomic E-state index is -0.241. The first kappa shape index (κ1) is 16.2. The molecule has 130 valence electrons. The van der Waals surface area contributed by atoms with Crippen LogP contribution in [-0.2, 0) is 6.42 Å². The molecule has 4 heteroatoms. The lowest BCUT2D eigenvalue weighted by molar-refractivity contribution is 0.0784. The van der Waals surface area contributed by atoms with E-state index >= 15 is 0 Å². The summed E-state index contributed by atoms with van der Waals surface area (Å²) < 4.78 is 0. The summed E-state index contributed by atoms with van der Waals surface area (Å²) >= 11 is 0. The maximum atomic E-state index is 12.5. The molecule has 0 saturated carbocycles. The number of piperidine rings is 1. The molecular formula is C21H25N3O. The van der Waals surface area contributed by atoms with Crippen LogP contribution in [0.1, 0.15) is 28.8 Å². The zero-order valence-corrected chi connectivity index (χ0v) is 14.7. The van der Waals surface area contributed by atoms with Gasteiger partial charge >= 0.3 is 0 Å². The van der Waals surface area contributed by atoms with Gasteiger partial charge in [-0.1, -0.05) is 42.5 Å². The molecule has 1 saturated heterocycles. The molecule has 2 heterocycles. The van der Waals surface area contributed by atoms with Crippen molar-refractivity contribution in [3.63, 3.8) is 0 Å². The van der Waals surface area contributed by atoms with Crippen LogP contribution >= 0.6 is 0 Å². The summed E-state index contributed by atoms with van der Waals surface area (Å²) in [6.07, 6.45) is 3.00. The molecule has 1 amide bonds. The minimum absolute atomic E-state index is 0.0615. The van der Waals surface area contributed by atoms with Gasteiger partial charge in [-0.25, -0.2) is 0 Å². The number of amides is 1. The number of nitrogens with one attached hydrogen (secondary N) is 1. The Kier molecular flexibility index (Phi) is 4.22. The van der Waals surface area contributed by atoms with Gasteiger partial charge in [0.15, 0.2) is 0 Å². The van der Waals surface area contributed by atoms with Crippen molar-refractivity contribution in [2.45, 2.75) is 24.9 Å². The van der Waals surface area contributed by atoms with Crippen molar-refractivity contribution >= 4 is 11.6 Å². The summed E-state index contributed by atoms with van der Waals surface area (Å²) in [5.74, 6) is 0.0615. The van der Waals surface area contributed by atoms with Gasteiger partial charge in [0.05, 0.1) is 11.3 Å². The zero-order valence-electron chi connectivity index (χ0n) is 14.7. The molecule has 1 spiro atoms. The van der Waals surface area contributed by atoms with Gasteiger partial charge in [-0.2, -0.15) is 0 Å². The summed E-state index contributed by atoms with van der Waals surface area (Å²) in [5, 5.41) is 3.29. The van der Waals surface area contributed by atoms with E-state index in [2.05, 4.69) is 58.6 Å². The van der Waals surface area contributed by atoms with Crippen LogP contribution in [0.25, 0.3) is 0 Å². The monoisotopic (exact) mass is 335 g/mol. The van der Waals surface area contributed by atoms with E-state index in [4.69, 9.17) is 0 Å². The second-order valence-electron chi connectivity index (χ2n) is 7.14. The van der Waals surface area contributed by atoms with Crippen molar-refractivity contribution in [2.24, 2.45) is 0 Å². The summed E-state index contributed by atoms with van der Waals surface area (Å²) in [7, 11) is 2.11. The number of hydrogen-bond donors (Lipinski definition) is 1. The largest absolute Gasteiger partial charge is 0.351 e. The van der Waals surface area contributed by atoms with E-state index in [9.17, 15) is 4.79 Å². The van der Waals surface area contributed by atoms with Crippen molar-refractivity contribution in [3.05, 3.63) is 65.7 Å². The van der Waals surface area contributed by atoms with Gasteiger partial charge in [0.25, 0.3) is 5.91 Å². The lowest BCUT2D eigenvalue weighted by atomic mass is 9.90. The number of anilines is 1. The predicted octanol–water partition coefficient (Wildman–Crippen LogP) is 2.90. The van der Waals surface area contributed by atoms with Crippen LogP contribution < -0.4 is 10.2 Å². The molecule has 25 heavy (non-hydrogen) atoms. The second kappa shape index (κ2) is 6.52. The first-order chi connectivity index (χ1) is 12.2. The number of benzene rings is 2.